The van der Waals surface area contributed by atoms with Crippen LogP contribution in [0.2, 0.25) is 0 Å². The van der Waals surface area contributed by atoms with E-state index < -0.39 is 0 Å². The number of nitrogens with zero attached hydrogens (tertiary/aromatic N) is 1. The van der Waals surface area contributed by atoms with E-state index in [1.165, 1.54) is 7.11 Å². The second-order valence-corrected chi connectivity index (χ2v) is 7.62. The number of amides is 1. The van der Waals surface area contributed by atoms with Gasteiger partial charge in [0.05, 0.1) is 19.1 Å². The third kappa shape index (κ3) is 2.88. The normalized spacial score (nSPS) is 36.3. The van der Waals surface area contributed by atoms with Gasteiger partial charge in [0.1, 0.15) is 0 Å². The van der Waals surface area contributed by atoms with Gasteiger partial charge in [-0.05, 0) is 51.9 Å². The molecule has 3 saturated carbocycles. The number of likely N-dealkylation sites (tertiary alicyclic amines) is 1. The summed E-state index contributed by atoms with van der Waals surface area (Å²) >= 11 is 0. The van der Waals surface area contributed by atoms with Crippen molar-refractivity contribution in [3.63, 3.8) is 0 Å². The van der Waals surface area contributed by atoms with Crippen LogP contribution >= 0.6 is 0 Å². The second kappa shape index (κ2) is 6.42. The molecular formula is C18H29NO4. The Bertz CT molecular complexity index is 451. The van der Waals surface area contributed by atoms with Crippen LogP contribution < -0.4 is 0 Å². The van der Waals surface area contributed by atoms with Crippen LogP contribution in [0.25, 0.3) is 0 Å². The Hall–Kier alpha value is -1.10. The highest BCUT2D eigenvalue weighted by molar-refractivity contribution is 5.85. The molecule has 0 aromatic rings. The summed E-state index contributed by atoms with van der Waals surface area (Å²) in [6.07, 6.45) is 5.99. The van der Waals surface area contributed by atoms with E-state index in [-0.39, 0.29) is 16.8 Å². The van der Waals surface area contributed by atoms with E-state index >= 15 is 0 Å². The topological polar surface area (TPSA) is 55.8 Å². The van der Waals surface area contributed by atoms with Crippen molar-refractivity contribution >= 4 is 11.9 Å². The summed E-state index contributed by atoms with van der Waals surface area (Å²) in [5.41, 5.74) is -0.518. The minimum Gasteiger partial charge on any atom is -0.469 e. The fourth-order valence-electron chi connectivity index (χ4n) is 4.80. The van der Waals surface area contributed by atoms with Gasteiger partial charge < -0.3 is 14.4 Å². The number of fused-ring (bicyclic) bond motifs is 3. The number of rotatable bonds is 5. The van der Waals surface area contributed by atoms with Crippen LogP contribution in [-0.2, 0) is 19.1 Å². The van der Waals surface area contributed by atoms with Gasteiger partial charge in [-0.2, -0.15) is 0 Å². The Labute approximate surface area is 138 Å². The molecule has 0 radical (unpaired) electrons. The third-order valence-electron chi connectivity index (χ3n) is 6.45. The Morgan fingerprint density at radius 3 is 2.26 bits per heavy atom. The average Bonchev–Trinajstić information content (AvgIpc) is 3.08. The zero-order chi connectivity index (χ0) is 16.5. The number of carbonyl (C=O) groups excluding carboxylic acids is 2. The molecule has 23 heavy (non-hydrogen) atoms. The first-order chi connectivity index (χ1) is 11.1. The lowest BCUT2D eigenvalue weighted by Gasteiger charge is -2.51. The quantitative estimate of drug-likeness (QED) is 0.729. The van der Waals surface area contributed by atoms with Gasteiger partial charge in [-0.1, -0.05) is 0 Å². The molecular weight excluding hydrogens is 294 g/mol. The van der Waals surface area contributed by atoms with Gasteiger partial charge in [-0.3, -0.25) is 9.59 Å². The van der Waals surface area contributed by atoms with Gasteiger partial charge >= 0.3 is 5.97 Å². The second-order valence-electron chi connectivity index (χ2n) is 7.62. The molecule has 0 aromatic heterocycles. The summed E-state index contributed by atoms with van der Waals surface area (Å²) in [7, 11) is 1.47. The van der Waals surface area contributed by atoms with E-state index in [0.717, 1.165) is 71.2 Å². The number of ether oxygens (including phenoxy) is 2. The van der Waals surface area contributed by atoms with Gasteiger partial charge in [-0.25, -0.2) is 0 Å². The Kier molecular flexibility index (Phi) is 4.68. The van der Waals surface area contributed by atoms with Crippen LogP contribution in [0.5, 0.6) is 0 Å². The van der Waals surface area contributed by atoms with Gasteiger partial charge in [0, 0.05) is 31.0 Å². The molecule has 1 atom stereocenters. The molecule has 4 aliphatic rings. The summed E-state index contributed by atoms with van der Waals surface area (Å²) in [6.45, 7) is 5.21. The van der Waals surface area contributed by atoms with Crippen molar-refractivity contribution in [1.29, 1.82) is 0 Å². The van der Waals surface area contributed by atoms with Gasteiger partial charge in [0.25, 0.3) is 0 Å². The summed E-state index contributed by atoms with van der Waals surface area (Å²) < 4.78 is 10.5. The van der Waals surface area contributed by atoms with Crippen molar-refractivity contribution in [3.8, 4) is 0 Å². The molecule has 3 aliphatic carbocycles. The number of hydrogen-bond acceptors (Lipinski definition) is 4. The number of methoxy groups -OCH3 is 1. The SMILES string of the molecule is CCOC[C@H]1CCN(C(=O)C23CCC(C(=O)OC)(CC2)CC3)C1. The minimum absolute atomic E-state index is 0.0730. The van der Waals surface area contributed by atoms with Crippen LogP contribution in [0, 0.1) is 16.7 Å². The predicted octanol–water partition coefficient (Wildman–Crippen LogP) is 2.39. The maximum atomic E-state index is 13.1. The van der Waals surface area contributed by atoms with Gasteiger partial charge in [0.15, 0.2) is 0 Å². The van der Waals surface area contributed by atoms with Crippen molar-refractivity contribution in [2.75, 3.05) is 33.4 Å². The lowest BCUT2D eigenvalue weighted by Crippen LogP contribution is -2.53. The van der Waals surface area contributed by atoms with E-state index in [1.807, 2.05) is 6.92 Å². The van der Waals surface area contributed by atoms with Gasteiger partial charge in [-0.15, -0.1) is 0 Å². The van der Waals surface area contributed by atoms with Crippen LogP contribution in [-0.4, -0.2) is 50.2 Å². The molecule has 5 nitrogen and oxygen atoms in total. The third-order valence-corrected chi connectivity index (χ3v) is 6.45. The Morgan fingerprint density at radius 2 is 1.70 bits per heavy atom. The summed E-state index contributed by atoms with van der Waals surface area (Å²) in [4.78, 5) is 27.3. The van der Waals surface area contributed by atoms with Crippen molar-refractivity contribution in [3.05, 3.63) is 0 Å². The minimum atomic E-state index is -0.306. The maximum Gasteiger partial charge on any atom is 0.311 e. The van der Waals surface area contributed by atoms with Crippen LogP contribution in [0.15, 0.2) is 0 Å². The fourth-order valence-corrected chi connectivity index (χ4v) is 4.80. The lowest BCUT2D eigenvalue weighted by molar-refractivity contribution is -0.169. The van der Waals surface area contributed by atoms with Crippen LogP contribution in [0.3, 0.4) is 0 Å². The first-order valence-corrected chi connectivity index (χ1v) is 9.01. The summed E-state index contributed by atoms with van der Waals surface area (Å²) in [5.74, 6) is 0.738. The first kappa shape index (κ1) is 16.7. The zero-order valence-electron chi connectivity index (χ0n) is 14.4. The Balaban J connectivity index is 1.61. The van der Waals surface area contributed by atoms with Gasteiger partial charge in [0.2, 0.25) is 5.91 Å². The molecule has 1 amide bonds. The van der Waals surface area contributed by atoms with Crippen LogP contribution in [0.4, 0.5) is 0 Å². The van der Waals surface area contributed by atoms with E-state index in [9.17, 15) is 9.59 Å². The molecule has 1 aliphatic heterocycles. The monoisotopic (exact) mass is 323 g/mol. The van der Waals surface area contributed by atoms with E-state index in [4.69, 9.17) is 9.47 Å². The van der Waals surface area contributed by atoms with E-state index in [2.05, 4.69) is 4.90 Å². The lowest BCUT2D eigenvalue weighted by atomic mass is 9.53. The fraction of sp³-hybridized carbons (Fsp3) is 0.889. The molecule has 4 rings (SSSR count). The molecule has 0 N–H and O–H groups in total. The molecule has 1 saturated heterocycles. The molecule has 1 heterocycles. The number of carbonyl (C=O) groups is 2. The first-order valence-electron chi connectivity index (χ1n) is 9.01. The molecule has 5 heteroatoms. The molecule has 130 valence electrons. The number of hydrogen-bond donors (Lipinski definition) is 0. The van der Waals surface area contributed by atoms with Crippen molar-refractivity contribution in [2.24, 2.45) is 16.7 Å². The average molecular weight is 323 g/mol. The smallest absolute Gasteiger partial charge is 0.311 e. The molecule has 0 spiro atoms. The van der Waals surface area contributed by atoms with E-state index in [0.29, 0.717) is 11.8 Å². The molecule has 4 fully saturated rings. The molecule has 2 bridgehead atoms. The van der Waals surface area contributed by atoms with E-state index in [1.54, 1.807) is 0 Å². The van der Waals surface area contributed by atoms with Crippen molar-refractivity contribution < 1.29 is 19.1 Å². The van der Waals surface area contributed by atoms with Crippen LogP contribution in [0.1, 0.15) is 51.9 Å². The molecule has 0 unspecified atom stereocenters. The van der Waals surface area contributed by atoms with Crippen molar-refractivity contribution in [1.82, 2.24) is 4.90 Å². The zero-order valence-corrected chi connectivity index (χ0v) is 14.4. The highest BCUT2D eigenvalue weighted by Crippen LogP contribution is 2.58. The standard InChI is InChI=1S/C18H29NO4/c1-3-23-13-14-4-11-19(12-14)15(20)17-5-8-18(9-6-17,10-7-17)16(21)22-2/h14H,3-13H2,1-2H3/t14-,17?,18?/m0/s1. The predicted molar refractivity (Wildman–Crippen MR) is 85.8 cm³/mol. The molecule has 0 aromatic carbocycles. The maximum absolute atomic E-state index is 13.1. The van der Waals surface area contributed by atoms with Crippen molar-refractivity contribution in [2.45, 2.75) is 51.9 Å². The summed E-state index contributed by atoms with van der Waals surface area (Å²) in [5, 5.41) is 0. The number of esters is 1. The highest BCUT2D eigenvalue weighted by Gasteiger charge is 2.57. The Morgan fingerprint density at radius 1 is 1.09 bits per heavy atom. The highest BCUT2D eigenvalue weighted by atomic mass is 16.5. The summed E-state index contributed by atoms with van der Waals surface area (Å²) in [6, 6.07) is 0. The largest absolute Gasteiger partial charge is 0.469 e.